The van der Waals surface area contributed by atoms with Crippen LogP contribution in [-0.4, -0.2) is 59.8 Å². The molecule has 0 aliphatic rings. The molecule has 1 amide bonds. The average Bonchev–Trinajstić information content (AvgIpc) is 2.72. The molecule has 2 aromatic rings. The molecule has 2 aromatic carbocycles. The number of sulfonamides is 1. The van der Waals surface area contributed by atoms with Crippen LogP contribution in [0.15, 0.2) is 41.5 Å². The van der Waals surface area contributed by atoms with Crippen molar-refractivity contribution in [3.63, 3.8) is 0 Å². The topological polar surface area (TPSA) is 127 Å². The van der Waals surface area contributed by atoms with Crippen molar-refractivity contribution in [3.8, 4) is 23.0 Å². The lowest BCUT2D eigenvalue weighted by molar-refractivity contribution is -0.119. The van der Waals surface area contributed by atoms with Gasteiger partial charge in [0.05, 0.1) is 39.5 Å². The number of amides is 1. The number of hydrazone groups is 1. The number of ether oxygens (including phenoxy) is 3. The average molecular weight is 437 g/mol. The standard InChI is InChI=1S/C19H23N3O7S/c1-27-15-9-8-14(10-17(15)29-3)22(30(4,25)26)12-18(23)21-20-11-13-6-5-7-16(28-2)19(13)24/h5-11,24H,12H2,1-4H3,(H,21,23)/b20-11-. The van der Waals surface area contributed by atoms with Crippen LogP contribution in [-0.2, 0) is 14.8 Å². The summed E-state index contributed by atoms with van der Waals surface area (Å²) in [5.74, 6) is 0.161. The molecule has 2 N–H and O–H groups in total. The van der Waals surface area contributed by atoms with Gasteiger partial charge in [0.2, 0.25) is 10.0 Å². The van der Waals surface area contributed by atoms with Crippen molar-refractivity contribution in [1.82, 2.24) is 5.43 Å². The van der Waals surface area contributed by atoms with Gasteiger partial charge in [0.25, 0.3) is 5.91 Å². The summed E-state index contributed by atoms with van der Waals surface area (Å²) in [6.45, 7) is -0.518. The molecule has 162 valence electrons. The Morgan fingerprint density at radius 2 is 1.77 bits per heavy atom. The lowest BCUT2D eigenvalue weighted by atomic mass is 10.2. The van der Waals surface area contributed by atoms with Gasteiger partial charge < -0.3 is 19.3 Å². The van der Waals surface area contributed by atoms with Crippen LogP contribution in [0.3, 0.4) is 0 Å². The van der Waals surface area contributed by atoms with E-state index in [1.807, 2.05) is 0 Å². The number of carbonyl (C=O) groups excluding carboxylic acids is 1. The summed E-state index contributed by atoms with van der Waals surface area (Å²) in [6, 6.07) is 9.26. The molecule has 0 unspecified atom stereocenters. The first kappa shape index (κ1) is 22.8. The maximum absolute atomic E-state index is 12.3. The van der Waals surface area contributed by atoms with Crippen molar-refractivity contribution in [2.24, 2.45) is 5.10 Å². The zero-order chi connectivity index (χ0) is 22.3. The van der Waals surface area contributed by atoms with E-state index in [0.717, 1.165) is 10.6 Å². The van der Waals surface area contributed by atoms with E-state index in [2.05, 4.69) is 10.5 Å². The highest BCUT2D eigenvalue weighted by molar-refractivity contribution is 7.92. The van der Waals surface area contributed by atoms with Crippen LogP contribution in [0.25, 0.3) is 0 Å². The Kier molecular flexibility index (Phi) is 7.48. The molecular formula is C19H23N3O7S. The minimum absolute atomic E-state index is 0.138. The molecular weight excluding hydrogens is 414 g/mol. The number of hydrogen-bond acceptors (Lipinski definition) is 8. The predicted octanol–water partition coefficient (Wildman–Crippen LogP) is 1.33. The minimum Gasteiger partial charge on any atom is -0.504 e. The van der Waals surface area contributed by atoms with Crippen molar-refractivity contribution in [3.05, 3.63) is 42.0 Å². The van der Waals surface area contributed by atoms with E-state index >= 15 is 0 Å². The Hall–Kier alpha value is -3.47. The Labute approximate surface area is 174 Å². The van der Waals surface area contributed by atoms with Gasteiger partial charge in [-0.15, -0.1) is 0 Å². The molecule has 0 radical (unpaired) electrons. The van der Waals surface area contributed by atoms with Crippen molar-refractivity contribution in [1.29, 1.82) is 0 Å². The first-order valence-electron chi connectivity index (χ1n) is 8.58. The van der Waals surface area contributed by atoms with Gasteiger partial charge in [0, 0.05) is 11.6 Å². The van der Waals surface area contributed by atoms with E-state index in [0.29, 0.717) is 17.1 Å². The molecule has 0 aliphatic heterocycles. The highest BCUT2D eigenvalue weighted by atomic mass is 32.2. The molecule has 0 aromatic heterocycles. The number of methoxy groups -OCH3 is 3. The molecule has 2 rings (SSSR count). The second-order valence-electron chi connectivity index (χ2n) is 6.00. The monoisotopic (exact) mass is 437 g/mol. The normalized spacial score (nSPS) is 11.2. The Bertz CT molecular complexity index is 1040. The molecule has 30 heavy (non-hydrogen) atoms. The number of carbonyl (C=O) groups is 1. The fourth-order valence-corrected chi connectivity index (χ4v) is 3.38. The van der Waals surface area contributed by atoms with Gasteiger partial charge in [0.15, 0.2) is 23.0 Å². The fourth-order valence-electron chi connectivity index (χ4n) is 2.53. The molecule has 0 saturated carbocycles. The summed E-state index contributed by atoms with van der Waals surface area (Å²) in [7, 11) is 0.500. The quantitative estimate of drug-likeness (QED) is 0.448. The van der Waals surface area contributed by atoms with Gasteiger partial charge in [0.1, 0.15) is 6.54 Å². The second kappa shape index (κ2) is 9.83. The highest BCUT2D eigenvalue weighted by Gasteiger charge is 2.22. The largest absolute Gasteiger partial charge is 0.504 e. The third-order valence-electron chi connectivity index (χ3n) is 3.99. The maximum atomic E-state index is 12.3. The fraction of sp³-hybridized carbons (Fsp3) is 0.263. The van der Waals surface area contributed by atoms with Crippen LogP contribution < -0.4 is 23.9 Å². The number of aromatic hydroxyl groups is 1. The van der Waals surface area contributed by atoms with Crippen molar-refractivity contribution < 1.29 is 32.5 Å². The van der Waals surface area contributed by atoms with Gasteiger partial charge in [-0.25, -0.2) is 13.8 Å². The van der Waals surface area contributed by atoms with Crippen molar-refractivity contribution in [2.75, 3.05) is 38.4 Å². The lowest BCUT2D eigenvalue weighted by Gasteiger charge is -2.22. The zero-order valence-corrected chi connectivity index (χ0v) is 17.8. The van der Waals surface area contributed by atoms with Crippen molar-refractivity contribution in [2.45, 2.75) is 0 Å². The number of benzene rings is 2. The summed E-state index contributed by atoms with van der Waals surface area (Å²) < 4.78 is 40.7. The molecule has 0 atom stereocenters. The summed E-state index contributed by atoms with van der Waals surface area (Å²) in [6.07, 6.45) is 2.20. The molecule has 0 saturated heterocycles. The van der Waals surface area contributed by atoms with Crippen LogP contribution in [0.2, 0.25) is 0 Å². The summed E-state index contributed by atoms with van der Waals surface area (Å²) in [5, 5.41) is 13.8. The van der Waals surface area contributed by atoms with Crippen LogP contribution in [0.1, 0.15) is 5.56 Å². The number of para-hydroxylation sites is 1. The van der Waals surface area contributed by atoms with Crippen LogP contribution in [0.5, 0.6) is 23.0 Å². The third kappa shape index (κ3) is 5.54. The number of hydrogen-bond donors (Lipinski definition) is 2. The van der Waals surface area contributed by atoms with Crippen molar-refractivity contribution >= 4 is 27.8 Å². The van der Waals surface area contributed by atoms with E-state index < -0.39 is 22.5 Å². The molecule has 11 heteroatoms. The van der Waals surface area contributed by atoms with E-state index in [9.17, 15) is 18.3 Å². The van der Waals surface area contributed by atoms with Crippen LogP contribution >= 0.6 is 0 Å². The number of phenolic OH excluding ortho intramolecular Hbond substituents is 1. The third-order valence-corrected chi connectivity index (χ3v) is 5.13. The Morgan fingerprint density at radius 3 is 2.37 bits per heavy atom. The molecule has 0 spiro atoms. The number of anilines is 1. The highest BCUT2D eigenvalue weighted by Crippen LogP contribution is 2.32. The van der Waals surface area contributed by atoms with Gasteiger partial charge >= 0.3 is 0 Å². The predicted molar refractivity (Wildman–Crippen MR) is 112 cm³/mol. The maximum Gasteiger partial charge on any atom is 0.260 e. The van der Waals surface area contributed by atoms with Crippen LogP contribution in [0, 0.1) is 0 Å². The Morgan fingerprint density at radius 1 is 1.10 bits per heavy atom. The van der Waals surface area contributed by atoms with Gasteiger partial charge in [-0.1, -0.05) is 6.07 Å². The molecule has 0 heterocycles. The number of nitrogens with one attached hydrogen (secondary N) is 1. The van der Waals surface area contributed by atoms with Crippen LogP contribution in [0.4, 0.5) is 5.69 Å². The SMILES string of the molecule is COc1ccc(N(CC(=O)N/N=C\c2cccc(OC)c2O)S(C)(=O)=O)cc1OC. The minimum atomic E-state index is -3.78. The summed E-state index contributed by atoms with van der Waals surface area (Å²) >= 11 is 0. The summed E-state index contributed by atoms with van der Waals surface area (Å²) in [4.78, 5) is 12.3. The van der Waals surface area contributed by atoms with E-state index in [1.165, 1.54) is 45.7 Å². The second-order valence-corrected chi connectivity index (χ2v) is 7.91. The first-order valence-corrected chi connectivity index (χ1v) is 10.4. The molecule has 0 aliphatic carbocycles. The van der Waals surface area contributed by atoms with E-state index in [1.54, 1.807) is 18.2 Å². The smallest absolute Gasteiger partial charge is 0.260 e. The molecule has 0 fully saturated rings. The van der Waals surface area contributed by atoms with E-state index in [-0.39, 0.29) is 17.2 Å². The molecule has 0 bridgehead atoms. The van der Waals surface area contributed by atoms with Gasteiger partial charge in [-0.05, 0) is 24.3 Å². The van der Waals surface area contributed by atoms with Gasteiger partial charge in [-0.2, -0.15) is 5.10 Å². The first-order chi connectivity index (χ1) is 14.2. The summed E-state index contributed by atoms with van der Waals surface area (Å²) in [5.41, 5.74) is 2.77. The number of phenols is 1. The zero-order valence-electron chi connectivity index (χ0n) is 16.9. The molecule has 10 nitrogen and oxygen atoms in total. The van der Waals surface area contributed by atoms with E-state index in [4.69, 9.17) is 14.2 Å². The lowest BCUT2D eigenvalue weighted by Crippen LogP contribution is -2.39. The van der Waals surface area contributed by atoms with Gasteiger partial charge in [-0.3, -0.25) is 9.10 Å². The Balaban J connectivity index is 2.17. The number of rotatable bonds is 9. The number of nitrogens with zero attached hydrogens (tertiary/aromatic N) is 2.